The van der Waals surface area contributed by atoms with Gasteiger partial charge in [0.2, 0.25) is 0 Å². The van der Waals surface area contributed by atoms with E-state index in [1.807, 2.05) is 0 Å². The molecule has 0 aromatic heterocycles. The third-order valence-electron chi connectivity index (χ3n) is 5.13. The van der Waals surface area contributed by atoms with Gasteiger partial charge in [0.1, 0.15) is 17.4 Å². The predicted molar refractivity (Wildman–Crippen MR) is 114 cm³/mol. The van der Waals surface area contributed by atoms with Gasteiger partial charge in [-0.1, -0.05) is 42.5 Å². The topological polar surface area (TPSA) is 9.23 Å². The van der Waals surface area contributed by atoms with Crippen LogP contribution in [0.3, 0.4) is 0 Å². The summed E-state index contributed by atoms with van der Waals surface area (Å²) >= 11 is 0. The lowest BCUT2D eigenvalue weighted by atomic mass is 9.98. The van der Waals surface area contributed by atoms with E-state index in [1.165, 1.54) is 36.4 Å². The van der Waals surface area contributed by atoms with Crippen LogP contribution in [0.5, 0.6) is 11.5 Å². The van der Waals surface area contributed by atoms with Crippen LogP contribution in [0.15, 0.2) is 78.6 Å². The van der Waals surface area contributed by atoms with Crippen LogP contribution in [-0.2, 0) is 0 Å². The molecular weight excluding hydrogens is 423 g/mol. The number of hydrogen-bond donors (Lipinski definition) is 0. The Morgan fingerprint density at radius 1 is 0.906 bits per heavy atom. The van der Waals surface area contributed by atoms with Crippen molar-refractivity contribution in [1.29, 1.82) is 0 Å². The van der Waals surface area contributed by atoms with E-state index in [1.54, 1.807) is 30.3 Å². The Kier molecular flexibility index (Phi) is 6.40. The van der Waals surface area contributed by atoms with Gasteiger partial charge in [0.15, 0.2) is 11.6 Å². The summed E-state index contributed by atoms with van der Waals surface area (Å²) in [5.41, 5.74) is 0.166. The summed E-state index contributed by atoms with van der Waals surface area (Å²) in [6.07, 6.45) is 1.19. The van der Waals surface area contributed by atoms with Crippen LogP contribution >= 0.6 is 0 Å². The summed E-state index contributed by atoms with van der Waals surface area (Å²) in [7, 11) is 0. The third kappa shape index (κ3) is 5.07. The molecule has 0 radical (unpaired) electrons. The van der Waals surface area contributed by atoms with Gasteiger partial charge >= 0.3 is 0 Å². The van der Waals surface area contributed by atoms with Gasteiger partial charge in [0.25, 0.3) is 6.43 Å². The zero-order chi connectivity index (χ0) is 22.7. The van der Waals surface area contributed by atoms with E-state index in [4.69, 9.17) is 4.74 Å². The zero-order valence-corrected chi connectivity index (χ0v) is 16.9. The van der Waals surface area contributed by atoms with Crippen molar-refractivity contribution < 1.29 is 26.7 Å². The van der Waals surface area contributed by atoms with Crippen molar-refractivity contribution in [3.8, 4) is 11.5 Å². The van der Waals surface area contributed by atoms with Crippen LogP contribution < -0.4 is 4.74 Å². The molecule has 1 nitrogen and oxygen atoms in total. The molecule has 0 heterocycles. The molecule has 0 amide bonds. The summed E-state index contributed by atoms with van der Waals surface area (Å²) < 4.78 is 74.8. The average Bonchev–Trinajstić information content (AvgIpc) is 3.61. The molecule has 0 spiro atoms. The van der Waals surface area contributed by atoms with Gasteiger partial charge in [-0.15, -0.1) is 0 Å². The van der Waals surface area contributed by atoms with Crippen LogP contribution in [0.4, 0.5) is 22.0 Å². The summed E-state index contributed by atoms with van der Waals surface area (Å²) in [6, 6.07) is 15.8. The van der Waals surface area contributed by atoms with Crippen LogP contribution in [0.2, 0.25) is 0 Å². The van der Waals surface area contributed by atoms with Crippen molar-refractivity contribution in [2.24, 2.45) is 5.92 Å². The van der Waals surface area contributed by atoms with Crippen molar-refractivity contribution in [2.75, 3.05) is 0 Å². The number of para-hydroxylation sites is 1. The molecule has 0 atom stereocenters. The van der Waals surface area contributed by atoms with Crippen molar-refractivity contribution in [3.63, 3.8) is 0 Å². The van der Waals surface area contributed by atoms with Gasteiger partial charge < -0.3 is 4.74 Å². The molecule has 1 fully saturated rings. The summed E-state index contributed by atoms with van der Waals surface area (Å²) in [6.45, 7) is 0. The number of benzene rings is 3. The van der Waals surface area contributed by atoms with Gasteiger partial charge in [-0.3, -0.25) is 0 Å². The van der Waals surface area contributed by atoms with Crippen molar-refractivity contribution in [1.82, 2.24) is 0 Å². The fourth-order valence-electron chi connectivity index (χ4n) is 3.38. The lowest BCUT2D eigenvalue weighted by molar-refractivity contribution is 0.151. The van der Waals surface area contributed by atoms with Gasteiger partial charge in [-0.25, -0.2) is 22.0 Å². The second kappa shape index (κ2) is 9.39. The Morgan fingerprint density at radius 3 is 2.31 bits per heavy atom. The minimum absolute atomic E-state index is 0.0150. The quantitative estimate of drug-likeness (QED) is 0.263. The number of ether oxygens (including phenoxy) is 1. The normalized spacial score (nSPS) is 14.7. The molecule has 0 aliphatic heterocycles. The number of allylic oxidation sites excluding steroid dienone is 3. The van der Waals surface area contributed by atoms with E-state index in [2.05, 4.69) is 0 Å². The van der Waals surface area contributed by atoms with Crippen LogP contribution in [0.25, 0.3) is 11.6 Å². The molecule has 0 N–H and O–H groups in total. The van der Waals surface area contributed by atoms with Gasteiger partial charge in [-0.2, -0.15) is 0 Å². The number of alkyl halides is 2. The molecule has 3 aromatic carbocycles. The number of rotatable bonds is 7. The molecule has 1 aliphatic carbocycles. The Balaban J connectivity index is 1.62. The summed E-state index contributed by atoms with van der Waals surface area (Å²) in [4.78, 5) is 0. The minimum atomic E-state index is -2.80. The van der Waals surface area contributed by atoms with Crippen LogP contribution in [0, 0.1) is 17.6 Å². The Labute approximate surface area is 182 Å². The van der Waals surface area contributed by atoms with E-state index >= 15 is 4.39 Å². The number of halogens is 5. The highest BCUT2D eigenvalue weighted by atomic mass is 19.3. The highest BCUT2D eigenvalue weighted by Crippen LogP contribution is 2.45. The molecule has 1 saturated carbocycles. The summed E-state index contributed by atoms with van der Waals surface area (Å²) in [5.74, 6) is -1.84. The third-order valence-corrected chi connectivity index (χ3v) is 5.13. The van der Waals surface area contributed by atoms with Crippen LogP contribution in [-0.4, -0.2) is 0 Å². The maximum atomic E-state index is 15.1. The fraction of sp³-hybridized carbons (Fsp3) is 0.154. The molecule has 0 unspecified atom stereocenters. The standard InChI is InChI=1S/C26H19F5O/c27-21-12-6-16(14-24(21)32-19-4-2-1-3-5-19)7-13-22(28)25(17-8-9-17)20-11-10-18(26(30)31)15-23(20)29/h1-7,10-15,17,26H,8-9H2. The molecular formula is C26H19F5O. The fourth-order valence-corrected chi connectivity index (χ4v) is 3.38. The number of hydrogen-bond acceptors (Lipinski definition) is 1. The second-order valence-corrected chi connectivity index (χ2v) is 7.51. The molecule has 164 valence electrons. The van der Waals surface area contributed by atoms with E-state index in [-0.39, 0.29) is 22.8 Å². The van der Waals surface area contributed by atoms with E-state index in [9.17, 15) is 17.6 Å². The monoisotopic (exact) mass is 442 g/mol. The first kappa shape index (κ1) is 21.8. The van der Waals surface area contributed by atoms with Crippen molar-refractivity contribution in [3.05, 3.63) is 107 Å². The van der Waals surface area contributed by atoms with Gasteiger partial charge in [0, 0.05) is 16.7 Å². The van der Waals surface area contributed by atoms with Crippen LogP contribution in [0.1, 0.15) is 36.0 Å². The molecule has 3 aromatic rings. The molecule has 0 saturated heterocycles. The lowest BCUT2D eigenvalue weighted by Gasteiger charge is -2.10. The van der Waals surface area contributed by atoms with Crippen molar-refractivity contribution >= 4 is 11.6 Å². The van der Waals surface area contributed by atoms with E-state index < -0.39 is 29.5 Å². The molecule has 32 heavy (non-hydrogen) atoms. The predicted octanol–water partition coefficient (Wildman–Crippen LogP) is 8.50. The summed E-state index contributed by atoms with van der Waals surface area (Å²) in [5, 5.41) is 0. The first-order valence-electron chi connectivity index (χ1n) is 10.1. The molecule has 6 heteroatoms. The maximum absolute atomic E-state index is 15.1. The maximum Gasteiger partial charge on any atom is 0.263 e. The first-order valence-corrected chi connectivity index (χ1v) is 10.1. The smallest absolute Gasteiger partial charge is 0.263 e. The van der Waals surface area contributed by atoms with E-state index in [0.717, 1.165) is 12.1 Å². The molecule has 4 rings (SSSR count). The van der Waals surface area contributed by atoms with Crippen molar-refractivity contribution in [2.45, 2.75) is 19.3 Å². The first-order chi connectivity index (χ1) is 15.4. The minimum Gasteiger partial charge on any atom is -0.454 e. The Bertz CT molecular complexity index is 1160. The lowest BCUT2D eigenvalue weighted by Crippen LogP contribution is -1.97. The van der Waals surface area contributed by atoms with Gasteiger partial charge in [-0.05, 0) is 60.7 Å². The SMILES string of the molecule is FC(C=Cc1ccc(F)c(Oc2ccccc2)c1)=C(c1ccc(C(F)F)cc1F)C1CC1. The van der Waals surface area contributed by atoms with Gasteiger partial charge in [0.05, 0.1) is 0 Å². The second-order valence-electron chi connectivity index (χ2n) is 7.51. The Hall–Kier alpha value is -3.41. The molecule has 0 bridgehead atoms. The molecule has 1 aliphatic rings. The average molecular weight is 442 g/mol. The largest absolute Gasteiger partial charge is 0.454 e. The highest BCUT2D eigenvalue weighted by molar-refractivity contribution is 5.75. The zero-order valence-electron chi connectivity index (χ0n) is 16.9. The Morgan fingerprint density at radius 2 is 1.66 bits per heavy atom. The highest BCUT2D eigenvalue weighted by Gasteiger charge is 2.31. The van der Waals surface area contributed by atoms with E-state index in [0.29, 0.717) is 24.2 Å².